The van der Waals surface area contributed by atoms with Crippen LogP contribution in [0, 0.1) is 5.92 Å². The molecule has 4 heterocycles. The average molecular weight is 488 g/mol. The fraction of sp³-hybridized carbons (Fsp3) is 0.435. The number of rotatable bonds is 4. The van der Waals surface area contributed by atoms with Gasteiger partial charge >= 0.3 is 6.03 Å². The van der Waals surface area contributed by atoms with E-state index in [1.54, 1.807) is 21.9 Å². The van der Waals surface area contributed by atoms with E-state index >= 15 is 0 Å². The van der Waals surface area contributed by atoms with Crippen LogP contribution >= 0.6 is 23.4 Å². The van der Waals surface area contributed by atoms with Crippen molar-refractivity contribution in [1.29, 1.82) is 0 Å². The van der Waals surface area contributed by atoms with E-state index in [2.05, 4.69) is 22.5 Å². The zero-order chi connectivity index (χ0) is 23.1. The molecule has 1 aromatic rings. The maximum atomic E-state index is 13.3. The molecule has 8 nitrogen and oxygen atoms in total. The molecule has 33 heavy (non-hydrogen) atoms. The monoisotopic (exact) mass is 487 g/mol. The van der Waals surface area contributed by atoms with Crippen LogP contribution in [0.5, 0.6) is 0 Å². The molecule has 4 aliphatic heterocycles. The number of benzene rings is 1. The first-order chi connectivity index (χ1) is 16.0. The summed E-state index contributed by atoms with van der Waals surface area (Å²) in [5.74, 6) is -0.322. The summed E-state index contributed by atoms with van der Waals surface area (Å²) in [6, 6.07) is 6.85. The molecule has 10 heteroatoms. The summed E-state index contributed by atoms with van der Waals surface area (Å²) in [4.78, 5) is 42.5. The fourth-order valence-electron chi connectivity index (χ4n) is 5.20. The minimum absolute atomic E-state index is 0.0110. The van der Waals surface area contributed by atoms with E-state index in [0.29, 0.717) is 28.7 Å². The molecule has 0 radical (unpaired) electrons. The number of hydrogen-bond acceptors (Lipinski definition) is 5. The summed E-state index contributed by atoms with van der Waals surface area (Å²) in [5.41, 5.74) is 1.49. The average Bonchev–Trinajstić information content (AvgIpc) is 3.19. The first kappa shape index (κ1) is 22.3. The lowest BCUT2D eigenvalue weighted by molar-refractivity contribution is -0.128. The van der Waals surface area contributed by atoms with Crippen molar-refractivity contribution in [1.82, 2.24) is 20.9 Å². The highest BCUT2D eigenvalue weighted by molar-refractivity contribution is 8.04. The van der Waals surface area contributed by atoms with Gasteiger partial charge in [-0.2, -0.15) is 0 Å². The number of nitrogens with one attached hydrogen (secondary N) is 3. The molecule has 3 N–H and O–H groups in total. The summed E-state index contributed by atoms with van der Waals surface area (Å²) in [6.07, 6.45) is 3.73. The molecular formula is C23H26ClN5O3S. The van der Waals surface area contributed by atoms with Gasteiger partial charge in [-0.3, -0.25) is 14.5 Å². The number of carbonyl (C=O) groups is 3. The molecule has 4 aliphatic rings. The Bertz CT molecular complexity index is 1030. The Morgan fingerprint density at radius 3 is 2.79 bits per heavy atom. The lowest BCUT2D eigenvalue weighted by Gasteiger charge is -2.45. The number of urea groups is 1. The van der Waals surface area contributed by atoms with E-state index in [-0.39, 0.29) is 41.2 Å². The maximum Gasteiger partial charge on any atom is 0.326 e. The van der Waals surface area contributed by atoms with Crippen LogP contribution in [0.15, 0.2) is 47.5 Å². The van der Waals surface area contributed by atoms with Crippen LogP contribution in [0.2, 0.25) is 5.02 Å². The van der Waals surface area contributed by atoms with Crippen molar-refractivity contribution in [2.24, 2.45) is 5.92 Å². The molecule has 5 rings (SSSR count). The van der Waals surface area contributed by atoms with E-state index < -0.39 is 0 Å². The highest BCUT2D eigenvalue weighted by Crippen LogP contribution is 2.47. The largest absolute Gasteiger partial charge is 0.347 e. The Balaban J connectivity index is 1.37. The zero-order valence-corrected chi connectivity index (χ0v) is 19.6. The number of likely N-dealkylation sites (tertiary alicyclic amines) is 1. The number of amides is 4. The molecule has 0 saturated carbocycles. The number of anilines is 1. The molecule has 3 unspecified atom stereocenters. The third kappa shape index (κ3) is 4.13. The molecule has 3 fully saturated rings. The van der Waals surface area contributed by atoms with Crippen molar-refractivity contribution in [3.05, 3.63) is 52.5 Å². The molecule has 0 aliphatic carbocycles. The highest BCUT2D eigenvalue weighted by atomic mass is 35.5. The number of carbonyl (C=O) groups excluding carboxylic acids is 3. The lowest BCUT2D eigenvalue weighted by atomic mass is 9.86. The smallest absolute Gasteiger partial charge is 0.326 e. The van der Waals surface area contributed by atoms with E-state index in [9.17, 15) is 14.4 Å². The van der Waals surface area contributed by atoms with Gasteiger partial charge in [0.25, 0.3) is 5.91 Å². The van der Waals surface area contributed by atoms with Crippen molar-refractivity contribution in [3.63, 3.8) is 0 Å². The standard InChI is InChI=1S/C23H26ClN5O3S/c1-2-17(30)28-11-3-4-14(12-28)26-21(31)20-19-18-16(9-10-25-22(18)33-20)29(23(32)27-19)15-7-5-13(24)6-8-15/h2,5-8,14,16,18,22,25H,1,3-4,9-12H2,(H,26,31)(H,27,32)/t14-,16?,18?,22?/m1/s1. The Morgan fingerprint density at radius 2 is 2.03 bits per heavy atom. The second kappa shape index (κ2) is 9.04. The van der Waals surface area contributed by atoms with Crippen molar-refractivity contribution in [3.8, 4) is 0 Å². The van der Waals surface area contributed by atoms with Gasteiger partial charge in [-0.1, -0.05) is 29.9 Å². The number of piperidine rings is 2. The first-order valence-electron chi connectivity index (χ1n) is 11.2. The van der Waals surface area contributed by atoms with Gasteiger partial charge in [0.15, 0.2) is 0 Å². The molecule has 4 atom stereocenters. The van der Waals surface area contributed by atoms with Gasteiger partial charge in [-0.25, -0.2) is 4.79 Å². The third-order valence-corrected chi connectivity index (χ3v) is 8.30. The Kier molecular flexibility index (Phi) is 6.11. The lowest BCUT2D eigenvalue weighted by Crippen LogP contribution is -2.62. The Hall–Kier alpha value is -2.49. The van der Waals surface area contributed by atoms with Crippen LogP contribution in [0.25, 0.3) is 0 Å². The zero-order valence-electron chi connectivity index (χ0n) is 18.1. The summed E-state index contributed by atoms with van der Waals surface area (Å²) < 4.78 is 0. The normalized spacial score (nSPS) is 28.8. The van der Waals surface area contributed by atoms with Gasteiger partial charge in [0.1, 0.15) is 0 Å². The quantitative estimate of drug-likeness (QED) is 0.567. The summed E-state index contributed by atoms with van der Waals surface area (Å²) in [6.45, 7) is 5.46. The topological polar surface area (TPSA) is 93.8 Å². The second-order valence-electron chi connectivity index (χ2n) is 8.69. The van der Waals surface area contributed by atoms with Crippen LogP contribution in [-0.2, 0) is 9.59 Å². The van der Waals surface area contributed by atoms with Crippen LogP contribution in [0.1, 0.15) is 19.3 Å². The molecule has 0 bridgehead atoms. The third-order valence-electron chi connectivity index (χ3n) is 6.70. The molecule has 0 spiro atoms. The SMILES string of the molecule is C=CC(=O)N1CCC[C@@H](NC(=O)C2=C3NC(=O)N(c4ccc(Cl)cc4)C4CCNC(S2)C34)C1. The number of thioether (sulfide) groups is 1. The summed E-state index contributed by atoms with van der Waals surface area (Å²) >= 11 is 7.52. The minimum atomic E-state index is -0.234. The van der Waals surface area contributed by atoms with Crippen molar-refractivity contribution < 1.29 is 14.4 Å². The van der Waals surface area contributed by atoms with Gasteiger partial charge < -0.3 is 20.9 Å². The van der Waals surface area contributed by atoms with Gasteiger partial charge in [0, 0.05) is 41.5 Å². The number of hydrogen-bond donors (Lipinski definition) is 3. The van der Waals surface area contributed by atoms with E-state index in [1.165, 1.54) is 17.8 Å². The summed E-state index contributed by atoms with van der Waals surface area (Å²) in [5, 5.41) is 10.2. The maximum absolute atomic E-state index is 13.3. The van der Waals surface area contributed by atoms with Gasteiger partial charge in [0.2, 0.25) is 5.91 Å². The van der Waals surface area contributed by atoms with Gasteiger partial charge in [0.05, 0.1) is 16.3 Å². The Morgan fingerprint density at radius 1 is 1.24 bits per heavy atom. The molecule has 0 aromatic heterocycles. The number of nitrogens with zero attached hydrogens (tertiary/aromatic N) is 2. The van der Waals surface area contributed by atoms with Crippen LogP contribution in [0.4, 0.5) is 10.5 Å². The Labute approximate surface area is 201 Å². The van der Waals surface area contributed by atoms with Crippen molar-refractivity contribution in [2.75, 3.05) is 24.5 Å². The molecule has 3 saturated heterocycles. The minimum Gasteiger partial charge on any atom is -0.347 e. The van der Waals surface area contributed by atoms with Crippen LogP contribution in [-0.4, -0.2) is 59.8 Å². The fourth-order valence-corrected chi connectivity index (χ4v) is 6.72. The van der Waals surface area contributed by atoms with E-state index in [0.717, 1.165) is 31.5 Å². The first-order valence-corrected chi connectivity index (χ1v) is 12.4. The predicted octanol–water partition coefficient (Wildman–Crippen LogP) is 2.43. The van der Waals surface area contributed by atoms with Crippen molar-refractivity contribution in [2.45, 2.75) is 36.7 Å². The van der Waals surface area contributed by atoms with Crippen LogP contribution < -0.4 is 20.9 Å². The molecule has 174 valence electrons. The summed E-state index contributed by atoms with van der Waals surface area (Å²) in [7, 11) is 0. The van der Waals surface area contributed by atoms with Gasteiger partial charge in [-0.15, -0.1) is 0 Å². The van der Waals surface area contributed by atoms with E-state index in [1.807, 2.05) is 12.1 Å². The molecular weight excluding hydrogens is 462 g/mol. The predicted molar refractivity (Wildman–Crippen MR) is 129 cm³/mol. The van der Waals surface area contributed by atoms with Gasteiger partial charge in [-0.05, 0) is 56.1 Å². The molecule has 1 aromatic carbocycles. The van der Waals surface area contributed by atoms with E-state index in [4.69, 9.17) is 11.6 Å². The number of halogens is 1. The highest BCUT2D eigenvalue weighted by Gasteiger charge is 2.51. The van der Waals surface area contributed by atoms with Crippen molar-refractivity contribution >= 4 is 46.9 Å². The van der Waals surface area contributed by atoms with Crippen LogP contribution in [0.3, 0.4) is 0 Å². The second-order valence-corrected chi connectivity index (χ2v) is 10.3. The molecule has 4 amide bonds.